The van der Waals surface area contributed by atoms with E-state index in [1.165, 1.54) is 89.9 Å². The summed E-state index contributed by atoms with van der Waals surface area (Å²) in [7, 11) is 0. The quantitative estimate of drug-likeness (QED) is 0.0657. The van der Waals surface area contributed by atoms with Gasteiger partial charge in [0.05, 0.1) is 0 Å². The average molecular weight is 607 g/mol. The summed E-state index contributed by atoms with van der Waals surface area (Å²) in [5.74, 6) is 4.73. The summed E-state index contributed by atoms with van der Waals surface area (Å²) in [5, 5.41) is 0. The molecule has 0 saturated heterocycles. The predicted octanol–water partition coefficient (Wildman–Crippen LogP) is 13.0. The zero-order chi connectivity index (χ0) is 32.6. The highest BCUT2D eigenvalue weighted by Crippen LogP contribution is 2.24. The summed E-state index contributed by atoms with van der Waals surface area (Å²) in [5.41, 5.74) is 0. The first-order valence-electron chi connectivity index (χ1n) is 19.0. The van der Waals surface area contributed by atoms with Crippen molar-refractivity contribution in [3.05, 3.63) is 0 Å². The summed E-state index contributed by atoms with van der Waals surface area (Å²) in [4.78, 5) is 24.7. The fourth-order valence-electron chi connectivity index (χ4n) is 6.57. The molecule has 0 spiro atoms. The van der Waals surface area contributed by atoms with Crippen molar-refractivity contribution in [1.82, 2.24) is 0 Å². The molecule has 0 aromatic rings. The third kappa shape index (κ3) is 28.4. The van der Waals surface area contributed by atoms with Gasteiger partial charge in [-0.3, -0.25) is 9.59 Å². The molecule has 256 valence electrons. The van der Waals surface area contributed by atoms with Gasteiger partial charge in [-0.05, 0) is 47.3 Å². The minimum absolute atomic E-state index is 0.274. The molecule has 0 aliphatic heterocycles. The second kappa shape index (κ2) is 26.4. The molecule has 6 atom stereocenters. The van der Waals surface area contributed by atoms with Crippen LogP contribution < -0.4 is 0 Å². The molecule has 43 heavy (non-hydrogen) atoms. The number of carbonyl (C=O) groups excluding carboxylic acids is 2. The van der Waals surface area contributed by atoms with Crippen molar-refractivity contribution in [2.75, 3.05) is 0 Å². The zero-order valence-electron chi connectivity index (χ0n) is 31.0. The van der Waals surface area contributed by atoms with Crippen molar-refractivity contribution in [3.8, 4) is 0 Å². The molecular weight excluding hydrogens is 528 g/mol. The molecule has 0 rings (SSSR count). The lowest BCUT2D eigenvalue weighted by Crippen LogP contribution is -2.17. The van der Waals surface area contributed by atoms with E-state index < -0.39 is 0 Å². The van der Waals surface area contributed by atoms with Crippen molar-refractivity contribution in [2.24, 2.45) is 47.3 Å². The van der Waals surface area contributed by atoms with Gasteiger partial charge in [0.2, 0.25) is 0 Å². The van der Waals surface area contributed by atoms with Crippen molar-refractivity contribution in [1.29, 1.82) is 0 Å². The van der Waals surface area contributed by atoms with E-state index in [2.05, 4.69) is 69.2 Å². The van der Waals surface area contributed by atoms with Crippen molar-refractivity contribution in [3.63, 3.8) is 0 Å². The highest BCUT2D eigenvalue weighted by atomic mass is 16.6. The van der Waals surface area contributed by atoms with E-state index in [1.54, 1.807) is 0 Å². The molecule has 3 nitrogen and oxygen atoms in total. The number of esters is 2. The molecular formula is C40H78O3. The number of hydrogen-bond donors (Lipinski definition) is 0. The number of hydrogen-bond acceptors (Lipinski definition) is 3. The highest BCUT2D eigenvalue weighted by Gasteiger charge is 2.18. The van der Waals surface area contributed by atoms with Crippen LogP contribution in [-0.4, -0.2) is 11.9 Å². The fourth-order valence-corrected chi connectivity index (χ4v) is 6.57. The molecule has 0 fully saturated rings. The van der Waals surface area contributed by atoms with Crippen LogP contribution in [0.4, 0.5) is 0 Å². The van der Waals surface area contributed by atoms with Crippen LogP contribution in [0.15, 0.2) is 0 Å². The monoisotopic (exact) mass is 607 g/mol. The van der Waals surface area contributed by atoms with Gasteiger partial charge in [-0.2, -0.15) is 0 Å². The van der Waals surface area contributed by atoms with E-state index in [4.69, 9.17) is 4.74 Å². The summed E-state index contributed by atoms with van der Waals surface area (Å²) >= 11 is 0. The standard InChI is InChI=1S/C40H78O3/c1-31(2)17-11-19-33(5)21-13-23-35(7)25-15-27-37(9)29-39(41)43-40(42)30-38(10)28-16-26-36(8)24-14-22-34(6)20-12-18-32(3)4/h31-38H,11-30H2,1-10H3. The Kier molecular flexibility index (Phi) is 25.8. The molecule has 6 unspecified atom stereocenters. The van der Waals surface area contributed by atoms with Gasteiger partial charge in [-0.15, -0.1) is 0 Å². The smallest absolute Gasteiger partial charge is 0.313 e. The number of carbonyl (C=O) groups is 2. The van der Waals surface area contributed by atoms with Crippen LogP contribution in [0.25, 0.3) is 0 Å². The molecule has 0 amide bonds. The molecule has 0 aromatic carbocycles. The van der Waals surface area contributed by atoms with Crippen LogP contribution in [0.5, 0.6) is 0 Å². The van der Waals surface area contributed by atoms with Gasteiger partial charge in [-0.25, -0.2) is 0 Å². The van der Waals surface area contributed by atoms with Crippen LogP contribution in [0, 0.1) is 47.3 Å². The van der Waals surface area contributed by atoms with Crippen LogP contribution >= 0.6 is 0 Å². The molecule has 0 aliphatic rings. The Hall–Kier alpha value is -0.860. The Balaban J connectivity index is 3.89. The molecule has 0 saturated carbocycles. The maximum absolute atomic E-state index is 12.4. The SMILES string of the molecule is CC(C)CCCC(C)CCCC(C)CCCC(C)CC(=O)OC(=O)CC(C)CCCC(C)CCCC(C)CCCC(C)C. The molecule has 3 heteroatoms. The molecule has 0 bridgehead atoms. The lowest BCUT2D eigenvalue weighted by molar-refractivity contribution is -0.160. The van der Waals surface area contributed by atoms with Gasteiger partial charge in [-0.1, -0.05) is 185 Å². The van der Waals surface area contributed by atoms with Crippen molar-refractivity contribution in [2.45, 2.75) is 198 Å². The maximum atomic E-state index is 12.4. The van der Waals surface area contributed by atoms with Crippen LogP contribution in [0.2, 0.25) is 0 Å². The predicted molar refractivity (Wildman–Crippen MR) is 188 cm³/mol. The van der Waals surface area contributed by atoms with E-state index in [1.807, 2.05) is 0 Å². The van der Waals surface area contributed by atoms with Gasteiger partial charge >= 0.3 is 11.9 Å². The second-order valence-corrected chi connectivity index (χ2v) is 16.3. The van der Waals surface area contributed by atoms with E-state index in [9.17, 15) is 9.59 Å². The first-order chi connectivity index (χ1) is 20.3. The third-order valence-electron chi connectivity index (χ3n) is 9.79. The highest BCUT2D eigenvalue weighted by molar-refractivity contribution is 5.85. The molecule has 0 aromatic heterocycles. The average Bonchev–Trinajstić information content (AvgIpc) is 2.87. The maximum Gasteiger partial charge on any atom is 0.313 e. The van der Waals surface area contributed by atoms with Crippen LogP contribution in [0.3, 0.4) is 0 Å². The fraction of sp³-hybridized carbons (Fsp3) is 0.950. The Bertz CT molecular complexity index is 613. The van der Waals surface area contributed by atoms with E-state index in [-0.39, 0.29) is 23.8 Å². The van der Waals surface area contributed by atoms with E-state index in [0.29, 0.717) is 12.8 Å². The summed E-state index contributed by atoms with van der Waals surface area (Å²) in [6.45, 7) is 23.1. The molecule has 0 aliphatic carbocycles. The van der Waals surface area contributed by atoms with Gasteiger partial charge in [0, 0.05) is 12.8 Å². The Labute approximate surface area is 270 Å². The topological polar surface area (TPSA) is 43.4 Å². The normalized spacial score (nSPS) is 16.2. The molecule has 0 N–H and O–H groups in total. The van der Waals surface area contributed by atoms with E-state index in [0.717, 1.165) is 61.2 Å². The molecule has 0 heterocycles. The summed E-state index contributed by atoms with van der Waals surface area (Å²) in [6.07, 6.45) is 23.8. The number of rotatable bonds is 28. The summed E-state index contributed by atoms with van der Waals surface area (Å²) < 4.78 is 5.20. The Morgan fingerprint density at radius 2 is 0.558 bits per heavy atom. The van der Waals surface area contributed by atoms with Gasteiger partial charge in [0.25, 0.3) is 0 Å². The minimum atomic E-state index is -0.337. The number of ether oxygens (including phenoxy) is 1. The Morgan fingerprint density at radius 1 is 0.349 bits per heavy atom. The zero-order valence-corrected chi connectivity index (χ0v) is 31.0. The van der Waals surface area contributed by atoms with Gasteiger partial charge in [0.1, 0.15) is 0 Å². The van der Waals surface area contributed by atoms with Crippen molar-refractivity contribution >= 4 is 11.9 Å². The first-order valence-corrected chi connectivity index (χ1v) is 19.0. The van der Waals surface area contributed by atoms with E-state index >= 15 is 0 Å². The van der Waals surface area contributed by atoms with Gasteiger partial charge < -0.3 is 4.74 Å². The third-order valence-corrected chi connectivity index (χ3v) is 9.79. The Morgan fingerprint density at radius 3 is 0.791 bits per heavy atom. The largest absolute Gasteiger partial charge is 0.393 e. The lowest BCUT2D eigenvalue weighted by atomic mass is 9.90. The van der Waals surface area contributed by atoms with Gasteiger partial charge in [0.15, 0.2) is 0 Å². The van der Waals surface area contributed by atoms with Crippen LogP contribution in [0.1, 0.15) is 198 Å². The minimum Gasteiger partial charge on any atom is -0.393 e. The second-order valence-electron chi connectivity index (χ2n) is 16.3. The van der Waals surface area contributed by atoms with Crippen LogP contribution in [-0.2, 0) is 14.3 Å². The lowest BCUT2D eigenvalue weighted by Gasteiger charge is -2.16. The first kappa shape index (κ1) is 42.1. The summed E-state index contributed by atoms with van der Waals surface area (Å²) in [6, 6.07) is 0. The van der Waals surface area contributed by atoms with Crippen molar-refractivity contribution < 1.29 is 14.3 Å². The molecule has 0 radical (unpaired) electrons.